The average Bonchev–Trinajstić information content (AvgIpc) is 3.15. The van der Waals surface area contributed by atoms with Crippen LogP contribution in [0.5, 0.6) is 0 Å². The van der Waals surface area contributed by atoms with Crippen molar-refractivity contribution < 1.29 is 22.5 Å². The number of tetrazole rings is 1. The molecule has 3 aromatic heterocycles. The van der Waals surface area contributed by atoms with E-state index < -0.39 is 23.4 Å². The van der Waals surface area contributed by atoms with Gasteiger partial charge in [0.25, 0.3) is 5.91 Å². The van der Waals surface area contributed by atoms with Crippen LogP contribution in [0.4, 0.5) is 13.2 Å². The van der Waals surface area contributed by atoms with Gasteiger partial charge >= 0.3 is 6.18 Å². The van der Waals surface area contributed by atoms with Crippen molar-refractivity contribution in [2.45, 2.75) is 25.6 Å². The molecule has 1 N–H and O–H groups in total. The standard InChI is InChI=1S/C13H11F3N6O2/c1-12(2,8-6-9(24-19-8)13(14,15)16)17-11(23)7-3-4-22-10(5-7)18-20-21-22/h3-6H,1-2H3,(H,17,23). The third-order valence-electron chi connectivity index (χ3n) is 3.32. The third-order valence-corrected chi connectivity index (χ3v) is 3.32. The minimum absolute atomic E-state index is 0.0478. The van der Waals surface area contributed by atoms with Gasteiger partial charge in [-0.1, -0.05) is 5.16 Å². The van der Waals surface area contributed by atoms with Crippen LogP contribution in [-0.2, 0) is 11.7 Å². The minimum Gasteiger partial charge on any atom is -0.351 e. The zero-order chi connectivity index (χ0) is 17.5. The van der Waals surface area contributed by atoms with E-state index in [0.29, 0.717) is 5.65 Å². The molecule has 0 spiro atoms. The summed E-state index contributed by atoms with van der Waals surface area (Å²) < 4.78 is 43.4. The molecule has 0 fully saturated rings. The summed E-state index contributed by atoms with van der Waals surface area (Å²) in [6, 6.07) is 3.69. The van der Waals surface area contributed by atoms with E-state index in [0.717, 1.165) is 6.07 Å². The van der Waals surface area contributed by atoms with E-state index in [2.05, 4.69) is 30.5 Å². The van der Waals surface area contributed by atoms with Crippen molar-refractivity contribution >= 4 is 11.6 Å². The average molecular weight is 340 g/mol. The Morgan fingerprint density at radius 2 is 2.04 bits per heavy atom. The molecule has 1 amide bonds. The SMILES string of the molecule is CC(C)(NC(=O)c1ccn2nnnc2c1)c1cc(C(F)(F)F)on1. The molecule has 0 aliphatic rings. The van der Waals surface area contributed by atoms with Gasteiger partial charge < -0.3 is 9.84 Å². The first-order valence-corrected chi connectivity index (χ1v) is 6.71. The zero-order valence-electron chi connectivity index (χ0n) is 12.5. The molecular weight excluding hydrogens is 329 g/mol. The van der Waals surface area contributed by atoms with Crippen LogP contribution in [0.15, 0.2) is 28.9 Å². The van der Waals surface area contributed by atoms with E-state index in [-0.39, 0.29) is 11.3 Å². The molecule has 0 radical (unpaired) electrons. The van der Waals surface area contributed by atoms with Crippen molar-refractivity contribution in [1.82, 2.24) is 30.5 Å². The Morgan fingerprint density at radius 3 is 2.71 bits per heavy atom. The highest BCUT2D eigenvalue weighted by Gasteiger charge is 2.38. The van der Waals surface area contributed by atoms with Crippen molar-refractivity contribution in [1.29, 1.82) is 0 Å². The second-order valence-electron chi connectivity index (χ2n) is 5.55. The van der Waals surface area contributed by atoms with Gasteiger partial charge in [-0.25, -0.2) is 4.52 Å². The first-order valence-electron chi connectivity index (χ1n) is 6.71. The predicted octanol–water partition coefficient (Wildman–Crippen LogP) is 1.80. The first kappa shape index (κ1) is 15.9. The number of halogens is 3. The molecule has 11 heteroatoms. The largest absolute Gasteiger partial charge is 0.452 e. The summed E-state index contributed by atoms with van der Waals surface area (Å²) in [5.41, 5.74) is -0.609. The lowest BCUT2D eigenvalue weighted by Gasteiger charge is -2.23. The van der Waals surface area contributed by atoms with Gasteiger partial charge in [-0.05, 0) is 36.4 Å². The van der Waals surface area contributed by atoms with E-state index >= 15 is 0 Å². The molecule has 0 saturated carbocycles. The van der Waals surface area contributed by atoms with E-state index in [1.54, 1.807) is 0 Å². The number of carbonyl (C=O) groups excluding carboxylic acids is 1. The number of hydrogen-bond acceptors (Lipinski definition) is 6. The van der Waals surface area contributed by atoms with Gasteiger partial charge in [-0.15, -0.1) is 5.10 Å². The van der Waals surface area contributed by atoms with Gasteiger partial charge in [0.2, 0.25) is 5.76 Å². The van der Waals surface area contributed by atoms with Gasteiger partial charge in [-0.3, -0.25) is 4.79 Å². The normalized spacial score (nSPS) is 12.5. The minimum atomic E-state index is -4.64. The molecule has 3 rings (SSSR count). The highest BCUT2D eigenvalue weighted by molar-refractivity contribution is 5.95. The second kappa shape index (κ2) is 5.28. The molecule has 0 saturated heterocycles. The van der Waals surface area contributed by atoms with Gasteiger partial charge in [0.1, 0.15) is 5.69 Å². The Labute approximate surface area is 132 Å². The van der Waals surface area contributed by atoms with Gasteiger partial charge in [-0.2, -0.15) is 13.2 Å². The summed E-state index contributed by atoms with van der Waals surface area (Å²) >= 11 is 0. The van der Waals surface area contributed by atoms with Crippen LogP contribution >= 0.6 is 0 Å². The van der Waals surface area contributed by atoms with Crippen LogP contribution in [-0.4, -0.2) is 31.1 Å². The number of nitrogens with one attached hydrogen (secondary N) is 1. The van der Waals surface area contributed by atoms with E-state index in [1.807, 2.05) is 0 Å². The van der Waals surface area contributed by atoms with Gasteiger partial charge in [0, 0.05) is 17.8 Å². The molecule has 0 unspecified atom stereocenters. The number of rotatable bonds is 3. The highest BCUT2D eigenvalue weighted by atomic mass is 19.4. The number of alkyl halides is 3. The summed E-state index contributed by atoms with van der Waals surface area (Å²) in [5.74, 6) is -1.74. The smallest absolute Gasteiger partial charge is 0.351 e. The Bertz CT molecular complexity index is 898. The van der Waals surface area contributed by atoms with Crippen LogP contribution in [0.25, 0.3) is 5.65 Å². The summed E-state index contributed by atoms with van der Waals surface area (Å²) in [6.45, 7) is 3.03. The molecule has 8 nitrogen and oxygen atoms in total. The zero-order valence-corrected chi connectivity index (χ0v) is 12.5. The lowest BCUT2D eigenvalue weighted by atomic mass is 9.99. The Kier molecular flexibility index (Phi) is 3.50. The van der Waals surface area contributed by atoms with Crippen molar-refractivity contribution in [3.63, 3.8) is 0 Å². The van der Waals surface area contributed by atoms with Gasteiger partial charge in [0.15, 0.2) is 5.65 Å². The number of carbonyl (C=O) groups is 1. The molecular formula is C13H11F3N6O2. The fourth-order valence-corrected chi connectivity index (χ4v) is 2.00. The van der Waals surface area contributed by atoms with Crippen LogP contribution in [0.2, 0.25) is 0 Å². The number of nitrogens with zero attached hydrogens (tertiary/aromatic N) is 5. The number of amides is 1. The van der Waals surface area contributed by atoms with Crippen LogP contribution in [0, 0.1) is 0 Å². The monoisotopic (exact) mass is 340 g/mol. The Morgan fingerprint density at radius 1 is 1.29 bits per heavy atom. The topological polar surface area (TPSA) is 98.2 Å². The third kappa shape index (κ3) is 2.92. The highest BCUT2D eigenvalue weighted by Crippen LogP contribution is 2.32. The quantitative estimate of drug-likeness (QED) is 0.781. The fraction of sp³-hybridized carbons (Fsp3) is 0.308. The number of hydrogen-bond donors (Lipinski definition) is 1. The molecule has 3 aromatic rings. The number of fused-ring (bicyclic) bond motifs is 1. The maximum Gasteiger partial charge on any atom is 0.452 e. The fourth-order valence-electron chi connectivity index (χ4n) is 2.00. The van der Waals surface area contributed by atoms with Crippen molar-refractivity contribution in [2.24, 2.45) is 0 Å². The summed E-state index contributed by atoms with van der Waals surface area (Å²) in [7, 11) is 0. The lowest BCUT2D eigenvalue weighted by Crippen LogP contribution is -2.41. The van der Waals surface area contributed by atoms with Crippen molar-refractivity contribution in [2.75, 3.05) is 0 Å². The Balaban J connectivity index is 1.82. The predicted molar refractivity (Wildman–Crippen MR) is 72.8 cm³/mol. The molecule has 126 valence electrons. The summed E-state index contributed by atoms with van der Waals surface area (Å²) in [6.07, 6.45) is -3.15. The molecule has 0 aliphatic heterocycles. The van der Waals surface area contributed by atoms with Crippen molar-refractivity contribution in [3.05, 3.63) is 41.4 Å². The van der Waals surface area contributed by atoms with Gasteiger partial charge in [0.05, 0.1) is 5.54 Å². The molecule has 0 bridgehead atoms. The maximum absolute atomic E-state index is 12.6. The number of aromatic nitrogens is 5. The summed E-state index contributed by atoms with van der Waals surface area (Å²) in [5, 5.41) is 16.8. The summed E-state index contributed by atoms with van der Waals surface area (Å²) in [4.78, 5) is 12.3. The van der Waals surface area contributed by atoms with Crippen molar-refractivity contribution in [3.8, 4) is 0 Å². The number of pyridine rings is 1. The second-order valence-corrected chi connectivity index (χ2v) is 5.55. The lowest BCUT2D eigenvalue weighted by molar-refractivity contribution is -0.155. The van der Waals surface area contributed by atoms with Crippen LogP contribution in [0.3, 0.4) is 0 Å². The molecule has 0 atom stereocenters. The molecule has 0 aliphatic carbocycles. The van der Waals surface area contributed by atoms with Crippen LogP contribution < -0.4 is 5.32 Å². The van der Waals surface area contributed by atoms with Crippen LogP contribution in [0.1, 0.15) is 35.7 Å². The molecule has 0 aromatic carbocycles. The molecule has 24 heavy (non-hydrogen) atoms. The van der Waals surface area contributed by atoms with E-state index in [1.165, 1.54) is 36.7 Å². The maximum atomic E-state index is 12.6. The first-order chi connectivity index (χ1) is 11.2. The van der Waals surface area contributed by atoms with E-state index in [9.17, 15) is 18.0 Å². The van der Waals surface area contributed by atoms with E-state index in [4.69, 9.17) is 0 Å². The Hall–Kier alpha value is -2.98. The molecule has 3 heterocycles.